The second-order valence-electron chi connectivity index (χ2n) is 7.72. The fraction of sp³-hybridized carbons (Fsp3) is 0.429. The highest BCUT2D eigenvalue weighted by Crippen LogP contribution is 2.35. The molecule has 4 rings (SSSR count). The Morgan fingerprint density at radius 1 is 1.21 bits per heavy atom. The van der Waals surface area contributed by atoms with Gasteiger partial charge in [-0.25, -0.2) is 8.42 Å². The van der Waals surface area contributed by atoms with Crippen LogP contribution in [0.5, 0.6) is 0 Å². The molecule has 2 heterocycles. The van der Waals surface area contributed by atoms with Crippen molar-refractivity contribution in [2.75, 3.05) is 0 Å². The number of aromatic nitrogens is 2. The molecule has 0 spiro atoms. The maximum atomic E-state index is 13.3. The largest absolute Gasteiger partial charge is 0.339 e. The van der Waals surface area contributed by atoms with E-state index in [1.165, 1.54) is 28.5 Å². The zero-order valence-electron chi connectivity index (χ0n) is 16.6. The molecule has 0 radical (unpaired) electrons. The first-order valence-corrected chi connectivity index (χ1v) is 12.3. The van der Waals surface area contributed by atoms with Crippen molar-refractivity contribution in [3.05, 3.63) is 53.2 Å². The Kier molecular flexibility index (Phi) is 5.85. The topological polar surface area (TPSA) is 76.3 Å². The fourth-order valence-corrected chi connectivity index (χ4v) is 6.59. The van der Waals surface area contributed by atoms with E-state index in [9.17, 15) is 8.42 Å². The molecule has 2 aromatic heterocycles. The Labute approximate surface area is 175 Å². The molecule has 6 nitrogen and oxygen atoms in total. The summed E-state index contributed by atoms with van der Waals surface area (Å²) in [6.45, 7) is 4.12. The average molecular weight is 432 g/mol. The molecule has 1 aliphatic rings. The van der Waals surface area contributed by atoms with E-state index in [4.69, 9.17) is 4.52 Å². The van der Waals surface area contributed by atoms with Gasteiger partial charge in [-0.05, 0) is 38.3 Å². The maximum Gasteiger partial charge on any atom is 0.253 e. The number of sulfonamides is 1. The van der Waals surface area contributed by atoms with Crippen molar-refractivity contribution in [3.63, 3.8) is 0 Å². The Balaban J connectivity index is 1.58. The molecule has 0 N–H and O–H groups in total. The molecular formula is C21H25N3O3S2. The summed E-state index contributed by atoms with van der Waals surface area (Å²) in [7, 11) is -3.63. The summed E-state index contributed by atoms with van der Waals surface area (Å²) in [6.07, 6.45) is 4.53. The van der Waals surface area contributed by atoms with E-state index in [1.807, 2.05) is 44.2 Å². The normalized spacial score (nSPS) is 15.6. The van der Waals surface area contributed by atoms with Gasteiger partial charge < -0.3 is 4.52 Å². The lowest BCUT2D eigenvalue weighted by atomic mass is 10.1. The van der Waals surface area contributed by atoms with Gasteiger partial charge in [0.25, 0.3) is 10.0 Å². The molecule has 0 amide bonds. The summed E-state index contributed by atoms with van der Waals surface area (Å²) in [4.78, 5) is 4.53. The van der Waals surface area contributed by atoms with E-state index in [0.29, 0.717) is 34.0 Å². The van der Waals surface area contributed by atoms with Crippen LogP contribution in [0.15, 0.2) is 50.5 Å². The van der Waals surface area contributed by atoms with Gasteiger partial charge in [0.15, 0.2) is 0 Å². The SMILES string of the molecule is CC(C)N(Cc1ccccc1)S(=O)(=O)c1cc(-c2noc(C3CCCC3)n2)cs1. The second-order valence-corrected chi connectivity index (χ2v) is 10.8. The Bertz CT molecular complexity index is 1050. The number of rotatable bonds is 7. The van der Waals surface area contributed by atoms with Gasteiger partial charge in [-0.1, -0.05) is 48.3 Å². The zero-order valence-corrected chi connectivity index (χ0v) is 18.2. The lowest BCUT2D eigenvalue weighted by Crippen LogP contribution is -2.36. The number of hydrogen-bond donors (Lipinski definition) is 0. The lowest BCUT2D eigenvalue weighted by Gasteiger charge is -2.25. The van der Waals surface area contributed by atoms with Crippen LogP contribution in [0.3, 0.4) is 0 Å². The van der Waals surface area contributed by atoms with Gasteiger partial charge in [0.05, 0.1) is 0 Å². The molecular weight excluding hydrogens is 406 g/mol. The van der Waals surface area contributed by atoms with Crippen molar-refractivity contribution in [1.29, 1.82) is 0 Å². The van der Waals surface area contributed by atoms with Gasteiger partial charge in [-0.2, -0.15) is 9.29 Å². The van der Waals surface area contributed by atoms with E-state index < -0.39 is 10.0 Å². The third-order valence-electron chi connectivity index (χ3n) is 5.30. The monoisotopic (exact) mass is 431 g/mol. The Morgan fingerprint density at radius 2 is 1.93 bits per heavy atom. The van der Waals surface area contributed by atoms with Crippen LogP contribution in [-0.4, -0.2) is 28.9 Å². The van der Waals surface area contributed by atoms with Gasteiger partial charge in [0, 0.05) is 29.4 Å². The molecule has 29 heavy (non-hydrogen) atoms. The predicted molar refractivity (Wildman–Crippen MR) is 113 cm³/mol. The van der Waals surface area contributed by atoms with Crippen LogP contribution >= 0.6 is 11.3 Å². The minimum Gasteiger partial charge on any atom is -0.339 e. The van der Waals surface area contributed by atoms with E-state index in [-0.39, 0.29) is 6.04 Å². The Hall–Kier alpha value is -2.03. The van der Waals surface area contributed by atoms with Gasteiger partial charge in [-0.3, -0.25) is 0 Å². The molecule has 1 aromatic carbocycles. The standard InChI is InChI=1S/C21H25N3O3S2/c1-15(2)24(13-16-8-4-3-5-9-16)29(25,26)19-12-18(14-28-19)20-22-21(27-23-20)17-10-6-7-11-17/h3-5,8-9,12,14-15,17H,6-7,10-11,13H2,1-2H3. The van der Waals surface area contributed by atoms with Crippen molar-refractivity contribution < 1.29 is 12.9 Å². The number of nitrogens with zero attached hydrogens (tertiary/aromatic N) is 3. The van der Waals surface area contributed by atoms with E-state index >= 15 is 0 Å². The van der Waals surface area contributed by atoms with Gasteiger partial charge in [0.2, 0.25) is 11.7 Å². The molecule has 1 saturated carbocycles. The van der Waals surface area contributed by atoms with Gasteiger partial charge in [-0.15, -0.1) is 11.3 Å². The second kappa shape index (κ2) is 8.38. The van der Waals surface area contributed by atoms with E-state index in [1.54, 1.807) is 11.4 Å². The molecule has 1 aliphatic carbocycles. The van der Waals surface area contributed by atoms with Crippen molar-refractivity contribution in [2.24, 2.45) is 0 Å². The third kappa shape index (κ3) is 4.29. The maximum absolute atomic E-state index is 13.3. The van der Waals surface area contributed by atoms with Crippen LogP contribution in [0.2, 0.25) is 0 Å². The van der Waals surface area contributed by atoms with Crippen LogP contribution in [0.1, 0.15) is 56.9 Å². The van der Waals surface area contributed by atoms with Gasteiger partial charge in [0.1, 0.15) is 4.21 Å². The first-order chi connectivity index (χ1) is 13.9. The van der Waals surface area contributed by atoms with Crippen LogP contribution in [-0.2, 0) is 16.6 Å². The number of thiophene rings is 1. The zero-order chi connectivity index (χ0) is 20.4. The molecule has 0 atom stereocenters. The van der Waals surface area contributed by atoms with Crippen molar-refractivity contribution in [3.8, 4) is 11.4 Å². The minimum atomic E-state index is -3.63. The van der Waals surface area contributed by atoms with E-state index in [0.717, 1.165) is 18.4 Å². The minimum absolute atomic E-state index is 0.162. The Morgan fingerprint density at radius 3 is 2.62 bits per heavy atom. The van der Waals surface area contributed by atoms with Crippen LogP contribution in [0.4, 0.5) is 0 Å². The van der Waals surface area contributed by atoms with Crippen molar-refractivity contribution in [2.45, 2.75) is 62.2 Å². The molecule has 0 bridgehead atoms. The summed E-state index contributed by atoms with van der Waals surface area (Å²) in [5.41, 5.74) is 1.64. The highest BCUT2D eigenvalue weighted by molar-refractivity contribution is 7.91. The first kappa shape index (κ1) is 20.3. The van der Waals surface area contributed by atoms with Crippen molar-refractivity contribution >= 4 is 21.4 Å². The number of benzene rings is 1. The molecule has 8 heteroatoms. The smallest absolute Gasteiger partial charge is 0.253 e. The molecule has 154 valence electrons. The fourth-order valence-electron chi connectivity index (χ4n) is 3.68. The van der Waals surface area contributed by atoms with Crippen LogP contribution < -0.4 is 0 Å². The van der Waals surface area contributed by atoms with Gasteiger partial charge >= 0.3 is 0 Å². The number of hydrogen-bond acceptors (Lipinski definition) is 6. The third-order valence-corrected chi connectivity index (χ3v) is 8.74. The first-order valence-electron chi connectivity index (χ1n) is 9.93. The summed E-state index contributed by atoms with van der Waals surface area (Å²) in [5.74, 6) is 1.46. The molecule has 1 fully saturated rings. The highest BCUT2D eigenvalue weighted by Gasteiger charge is 2.30. The summed E-state index contributed by atoms with van der Waals surface area (Å²) >= 11 is 1.20. The summed E-state index contributed by atoms with van der Waals surface area (Å²) < 4.78 is 33.9. The highest BCUT2D eigenvalue weighted by atomic mass is 32.2. The average Bonchev–Trinajstić information content (AvgIpc) is 3.47. The van der Waals surface area contributed by atoms with E-state index in [2.05, 4.69) is 10.1 Å². The quantitative estimate of drug-likeness (QED) is 0.523. The molecule has 0 aliphatic heterocycles. The lowest BCUT2D eigenvalue weighted by molar-refractivity contribution is 0.349. The van der Waals surface area contributed by atoms with Crippen molar-refractivity contribution in [1.82, 2.24) is 14.4 Å². The predicted octanol–water partition coefficient (Wildman–Crippen LogP) is 5.06. The summed E-state index contributed by atoms with van der Waals surface area (Å²) in [6, 6.07) is 11.1. The van der Waals surface area contributed by atoms with Crippen LogP contribution in [0, 0.1) is 0 Å². The molecule has 0 unspecified atom stereocenters. The molecule has 3 aromatic rings. The molecule has 0 saturated heterocycles. The summed E-state index contributed by atoms with van der Waals surface area (Å²) in [5, 5.41) is 5.88. The van der Waals surface area contributed by atoms with Crippen LogP contribution in [0.25, 0.3) is 11.4 Å².